The molecule has 4 aromatic rings. The van der Waals surface area contributed by atoms with E-state index in [0.29, 0.717) is 29.2 Å². The van der Waals surface area contributed by atoms with Gasteiger partial charge in [0.15, 0.2) is 0 Å². The molecule has 0 radical (unpaired) electrons. The monoisotopic (exact) mass is 572 g/mol. The van der Waals surface area contributed by atoms with Crippen LogP contribution in [0.15, 0.2) is 91.1 Å². The van der Waals surface area contributed by atoms with Gasteiger partial charge >= 0.3 is 17.9 Å². The second kappa shape index (κ2) is 13.3. The molecular formula is C32H33FN2O5Si. The first kappa shape index (κ1) is 29.6. The highest BCUT2D eigenvalue weighted by molar-refractivity contribution is 6.76. The predicted molar refractivity (Wildman–Crippen MR) is 156 cm³/mol. The molecule has 0 spiro atoms. The van der Waals surface area contributed by atoms with E-state index in [1.165, 1.54) is 18.3 Å². The molecule has 9 heteroatoms. The van der Waals surface area contributed by atoms with Crippen molar-refractivity contribution in [2.75, 3.05) is 6.61 Å². The number of hydrogen-bond acceptors (Lipinski definition) is 6. The number of halogens is 1. The normalized spacial score (nSPS) is 12.8. The van der Waals surface area contributed by atoms with E-state index < -0.39 is 37.7 Å². The van der Waals surface area contributed by atoms with E-state index in [4.69, 9.17) is 9.47 Å². The van der Waals surface area contributed by atoms with Crippen LogP contribution in [0.3, 0.4) is 0 Å². The fourth-order valence-corrected chi connectivity index (χ4v) is 5.08. The zero-order valence-corrected chi connectivity index (χ0v) is 24.3. The van der Waals surface area contributed by atoms with Crippen molar-refractivity contribution in [3.63, 3.8) is 0 Å². The van der Waals surface area contributed by atoms with Gasteiger partial charge in [-0.1, -0.05) is 62.1 Å². The van der Waals surface area contributed by atoms with Crippen molar-refractivity contribution in [3.05, 3.63) is 119 Å². The van der Waals surface area contributed by atoms with Gasteiger partial charge in [0, 0.05) is 20.2 Å². The maximum absolute atomic E-state index is 13.8. The van der Waals surface area contributed by atoms with E-state index in [9.17, 15) is 19.1 Å². The highest BCUT2D eigenvalue weighted by atomic mass is 28.3. The van der Waals surface area contributed by atoms with Crippen molar-refractivity contribution >= 4 is 20.0 Å². The van der Waals surface area contributed by atoms with E-state index in [1.54, 1.807) is 42.5 Å². The van der Waals surface area contributed by atoms with Crippen molar-refractivity contribution in [2.24, 2.45) is 5.92 Å². The number of carboxylic acid groups (broad SMARTS) is 1. The van der Waals surface area contributed by atoms with E-state index in [1.807, 2.05) is 30.3 Å². The fourth-order valence-electron chi connectivity index (χ4n) is 4.37. The molecule has 3 aromatic carbocycles. The zero-order chi connectivity index (χ0) is 29.4. The highest BCUT2D eigenvalue weighted by Crippen LogP contribution is 2.35. The van der Waals surface area contributed by atoms with Gasteiger partial charge in [-0.05, 0) is 66.1 Å². The molecule has 2 atom stereocenters. The zero-order valence-electron chi connectivity index (χ0n) is 23.3. The summed E-state index contributed by atoms with van der Waals surface area (Å²) in [6, 6.07) is 24.1. The Morgan fingerprint density at radius 2 is 1.61 bits per heavy atom. The average molecular weight is 573 g/mol. The van der Waals surface area contributed by atoms with Crippen LogP contribution < -0.4 is 4.74 Å². The van der Waals surface area contributed by atoms with Crippen LogP contribution in [0.2, 0.25) is 25.7 Å². The summed E-state index contributed by atoms with van der Waals surface area (Å²) in [5.41, 5.74) is 2.30. The Hall–Kier alpha value is -4.37. The fraction of sp³-hybridized carbons (Fsp3) is 0.250. The number of hydrogen-bond donors (Lipinski definition) is 1. The van der Waals surface area contributed by atoms with Gasteiger partial charge in [-0.25, -0.2) is 14.2 Å². The molecule has 0 bridgehead atoms. The Bertz CT molecular complexity index is 1460. The first-order chi connectivity index (χ1) is 19.6. The SMILES string of the molecule is C[Si](C)(C)CCOC(=O)c1ccc(Oc2nccc(C(c3ccc(F)cc3)C(Cc3ccccc3)C(=O)O)n2)cc1. The lowest BCUT2D eigenvalue weighted by molar-refractivity contribution is -0.142. The molecule has 0 amide bonds. The average Bonchev–Trinajstić information content (AvgIpc) is 2.94. The van der Waals surface area contributed by atoms with Crippen LogP contribution in [0.5, 0.6) is 11.8 Å². The number of carboxylic acids is 1. The molecule has 7 nitrogen and oxygen atoms in total. The van der Waals surface area contributed by atoms with Crippen molar-refractivity contribution in [3.8, 4) is 11.8 Å². The third-order valence-corrected chi connectivity index (χ3v) is 8.31. The van der Waals surface area contributed by atoms with E-state index in [0.717, 1.165) is 11.6 Å². The summed E-state index contributed by atoms with van der Waals surface area (Å²) in [5.74, 6) is -3.01. The molecule has 0 fully saturated rings. The van der Waals surface area contributed by atoms with Crippen molar-refractivity contribution in [1.82, 2.24) is 9.97 Å². The summed E-state index contributed by atoms with van der Waals surface area (Å²) in [4.78, 5) is 33.7. The van der Waals surface area contributed by atoms with Gasteiger partial charge < -0.3 is 14.6 Å². The minimum atomic E-state index is -1.31. The number of benzene rings is 3. The van der Waals surface area contributed by atoms with Crippen LogP contribution in [0.25, 0.3) is 0 Å². The molecule has 0 aliphatic heterocycles. The molecule has 4 rings (SSSR count). The van der Waals surface area contributed by atoms with Gasteiger partial charge in [-0.3, -0.25) is 4.79 Å². The van der Waals surface area contributed by atoms with Crippen LogP contribution in [0, 0.1) is 11.7 Å². The van der Waals surface area contributed by atoms with Crippen LogP contribution >= 0.6 is 0 Å². The summed E-state index contributed by atoms with van der Waals surface area (Å²) in [6.45, 7) is 7.05. The summed E-state index contributed by atoms with van der Waals surface area (Å²) < 4.78 is 25.0. The minimum absolute atomic E-state index is 0.0175. The Morgan fingerprint density at radius 3 is 2.24 bits per heavy atom. The van der Waals surface area contributed by atoms with Crippen LogP contribution in [0.4, 0.5) is 4.39 Å². The van der Waals surface area contributed by atoms with Crippen molar-refractivity contribution < 1.29 is 28.6 Å². The van der Waals surface area contributed by atoms with Crippen LogP contribution in [-0.2, 0) is 16.0 Å². The number of carbonyl (C=O) groups is 2. The standard InChI is InChI=1S/C32H33FN2O5Si/c1-41(2,3)20-19-39-31(38)24-11-15-26(16-12-24)40-32-34-18-17-28(35-32)29(23-9-13-25(33)14-10-23)27(30(36)37)21-22-7-5-4-6-8-22/h4-18,27,29H,19-21H2,1-3H3,(H,36,37). The van der Waals surface area contributed by atoms with E-state index in [2.05, 4.69) is 29.6 Å². The molecule has 212 valence electrons. The van der Waals surface area contributed by atoms with Crippen molar-refractivity contribution in [1.29, 1.82) is 0 Å². The lowest BCUT2D eigenvalue weighted by atomic mass is 9.80. The second-order valence-corrected chi connectivity index (χ2v) is 16.6. The number of carbonyl (C=O) groups excluding carboxylic acids is 1. The molecular weight excluding hydrogens is 539 g/mol. The molecule has 1 N–H and O–H groups in total. The van der Waals surface area contributed by atoms with E-state index >= 15 is 0 Å². The largest absolute Gasteiger partial charge is 0.481 e. The molecule has 0 saturated heterocycles. The second-order valence-electron chi connectivity index (χ2n) is 11.0. The van der Waals surface area contributed by atoms with Gasteiger partial charge in [-0.15, -0.1) is 0 Å². The molecule has 1 aromatic heterocycles. The Balaban J connectivity index is 1.56. The maximum Gasteiger partial charge on any atom is 0.338 e. The maximum atomic E-state index is 13.8. The van der Waals surface area contributed by atoms with E-state index in [-0.39, 0.29) is 12.4 Å². The third kappa shape index (κ3) is 8.55. The number of nitrogens with zero attached hydrogens (tertiary/aromatic N) is 2. The lowest BCUT2D eigenvalue weighted by Crippen LogP contribution is -2.26. The van der Waals surface area contributed by atoms with Gasteiger partial charge in [0.1, 0.15) is 11.6 Å². The first-order valence-corrected chi connectivity index (χ1v) is 17.1. The van der Waals surface area contributed by atoms with Crippen molar-refractivity contribution in [2.45, 2.75) is 38.0 Å². The molecule has 1 heterocycles. The predicted octanol–water partition coefficient (Wildman–Crippen LogP) is 6.98. The highest BCUT2D eigenvalue weighted by Gasteiger charge is 2.32. The smallest absolute Gasteiger partial charge is 0.338 e. The third-order valence-electron chi connectivity index (χ3n) is 6.61. The van der Waals surface area contributed by atoms with Gasteiger partial charge in [0.25, 0.3) is 0 Å². The van der Waals surface area contributed by atoms with Crippen LogP contribution in [-0.4, -0.2) is 41.7 Å². The summed E-state index contributed by atoms with van der Waals surface area (Å²) in [5, 5.41) is 10.3. The Kier molecular flexibility index (Phi) is 9.62. The first-order valence-electron chi connectivity index (χ1n) is 13.4. The molecule has 0 aliphatic rings. The summed E-state index contributed by atoms with van der Waals surface area (Å²) >= 11 is 0. The number of aliphatic carboxylic acids is 1. The summed E-state index contributed by atoms with van der Waals surface area (Å²) in [7, 11) is -1.31. The minimum Gasteiger partial charge on any atom is -0.481 e. The van der Waals surface area contributed by atoms with Gasteiger partial charge in [0.2, 0.25) is 0 Å². The Morgan fingerprint density at radius 1 is 0.927 bits per heavy atom. The lowest BCUT2D eigenvalue weighted by Gasteiger charge is -2.24. The Labute approximate surface area is 240 Å². The molecule has 0 saturated carbocycles. The van der Waals surface area contributed by atoms with Crippen LogP contribution in [0.1, 0.15) is 33.1 Å². The number of ether oxygens (including phenoxy) is 2. The molecule has 41 heavy (non-hydrogen) atoms. The molecule has 2 unspecified atom stereocenters. The van der Waals surface area contributed by atoms with Gasteiger partial charge in [-0.2, -0.15) is 4.98 Å². The molecule has 0 aliphatic carbocycles. The quantitative estimate of drug-likeness (QED) is 0.144. The number of aromatic nitrogens is 2. The topological polar surface area (TPSA) is 98.6 Å². The van der Waals surface area contributed by atoms with Gasteiger partial charge in [0.05, 0.1) is 23.8 Å². The summed E-state index contributed by atoms with van der Waals surface area (Å²) in [6.07, 6.45) is 1.74. The number of rotatable bonds is 12. The number of esters is 1.